The van der Waals surface area contributed by atoms with Crippen molar-refractivity contribution < 1.29 is 22.3 Å². The maximum atomic E-state index is 13.2. The fourth-order valence-electron chi connectivity index (χ4n) is 4.06. The van der Waals surface area contributed by atoms with Crippen LogP contribution >= 0.6 is 0 Å². The molecule has 0 aromatic heterocycles. The Morgan fingerprint density at radius 2 is 1.82 bits per heavy atom. The number of hydrogen-bond donors (Lipinski definition) is 1. The Bertz CT molecular complexity index is 1230. The lowest BCUT2D eigenvalue weighted by molar-refractivity contribution is -0.124. The van der Waals surface area contributed by atoms with Crippen LogP contribution in [0.1, 0.15) is 37.0 Å². The lowest BCUT2D eigenvalue weighted by atomic mass is 10.1. The number of nitrogens with zero attached hydrogens (tertiary/aromatic N) is 1. The van der Waals surface area contributed by atoms with Crippen LogP contribution in [0.2, 0.25) is 0 Å². The third kappa shape index (κ3) is 5.46. The van der Waals surface area contributed by atoms with Gasteiger partial charge in [0.1, 0.15) is 23.7 Å². The van der Waals surface area contributed by atoms with Gasteiger partial charge in [-0.3, -0.25) is 4.79 Å². The van der Waals surface area contributed by atoms with Crippen molar-refractivity contribution in [1.82, 2.24) is 9.62 Å². The van der Waals surface area contributed by atoms with Crippen molar-refractivity contribution >= 4 is 15.9 Å². The lowest BCUT2D eigenvalue weighted by Crippen LogP contribution is -2.45. The second kappa shape index (κ2) is 10.4. The molecule has 1 amide bonds. The van der Waals surface area contributed by atoms with Crippen molar-refractivity contribution in [2.45, 2.75) is 43.4 Å². The van der Waals surface area contributed by atoms with E-state index in [9.17, 15) is 17.6 Å². The number of sulfonamides is 1. The normalized spacial score (nSPS) is 17.3. The van der Waals surface area contributed by atoms with Crippen molar-refractivity contribution in [3.05, 3.63) is 95.8 Å². The van der Waals surface area contributed by atoms with Crippen molar-refractivity contribution in [2.75, 3.05) is 6.54 Å². The van der Waals surface area contributed by atoms with Crippen molar-refractivity contribution in [3.8, 4) is 5.75 Å². The van der Waals surface area contributed by atoms with Crippen LogP contribution in [0, 0.1) is 5.82 Å². The topological polar surface area (TPSA) is 75.7 Å². The first-order valence-corrected chi connectivity index (χ1v) is 12.6. The molecule has 0 spiro atoms. The van der Waals surface area contributed by atoms with Crippen LogP contribution in [0.5, 0.6) is 5.75 Å². The molecule has 0 saturated carbocycles. The van der Waals surface area contributed by atoms with Gasteiger partial charge in [0.15, 0.2) is 0 Å². The smallest absolute Gasteiger partial charge is 0.243 e. The molecule has 0 unspecified atom stereocenters. The van der Waals surface area contributed by atoms with Gasteiger partial charge in [0, 0.05) is 13.1 Å². The summed E-state index contributed by atoms with van der Waals surface area (Å²) in [6.07, 6.45) is 0.887. The quantitative estimate of drug-likeness (QED) is 0.515. The van der Waals surface area contributed by atoms with Crippen molar-refractivity contribution in [2.24, 2.45) is 0 Å². The lowest BCUT2D eigenvalue weighted by Gasteiger charge is -2.23. The first-order chi connectivity index (χ1) is 16.3. The third-order valence-corrected chi connectivity index (χ3v) is 7.80. The molecule has 8 heteroatoms. The molecule has 3 aromatic carbocycles. The van der Waals surface area contributed by atoms with Gasteiger partial charge in [0.2, 0.25) is 15.9 Å². The van der Waals surface area contributed by atoms with Crippen molar-refractivity contribution in [1.29, 1.82) is 0 Å². The first kappa shape index (κ1) is 23.9. The second-order valence-corrected chi connectivity index (χ2v) is 10.2. The van der Waals surface area contributed by atoms with E-state index in [0.29, 0.717) is 18.6 Å². The summed E-state index contributed by atoms with van der Waals surface area (Å²) in [5.41, 5.74) is 1.90. The number of hydrogen-bond acceptors (Lipinski definition) is 4. The molecule has 1 fully saturated rings. The molecule has 6 nitrogen and oxygen atoms in total. The highest BCUT2D eigenvalue weighted by Crippen LogP contribution is 2.27. The average Bonchev–Trinajstić information content (AvgIpc) is 3.35. The van der Waals surface area contributed by atoms with Crippen molar-refractivity contribution in [3.63, 3.8) is 0 Å². The molecular weight excluding hydrogens is 455 g/mol. The number of nitrogens with one attached hydrogen (secondary N) is 1. The summed E-state index contributed by atoms with van der Waals surface area (Å²) in [5.74, 6) is -0.185. The molecule has 3 aromatic rings. The molecule has 34 heavy (non-hydrogen) atoms. The molecule has 0 bridgehead atoms. The highest BCUT2D eigenvalue weighted by molar-refractivity contribution is 7.89. The van der Waals surface area contributed by atoms with Crippen LogP contribution in [-0.2, 0) is 21.4 Å². The molecule has 1 aliphatic heterocycles. The minimum absolute atomic E-state index is 0.0222. The minimum Gasteiger partial charge on any atom is -0.486 e. The first-order valence-electron chi connectivity index (χ1n) is 11.2. The highest BCUT2D eigenvalue weighted by atomic mass is 32.2. The standard InChI is InChI=1S/C26H27FN2O4S/c1-19(21-8-3-2-4-9-21)33-23-10-5-7-20(17-23)18-28-26(30)25-11-6-16-29(25)34(31,32)24-14-12-22(27)13-15-24/h2-5,7-10,12-15,17,19,25H,6,11,16,18H2,1H3,(H,28,30)/t19-,25+/m1/s1. The summed E-state index contributed by atoms with van der Waals surface area (Å²) in [7, 11) is -3.89. The van der Waals surface area contributed by atoms with E-state index in [0.717, 1.165) is 23.3 Å². The third-order valence-electron chi connectivity index (χ3n) is 5.87. The number of amides is 1. The number of halogens is 1. The molecule has 1 N–H and O–H groups in total. The monoisotopic (exact) mass is 482 g/mol. The summed E-state index contributed by atoms with van der Waals surface area (Å²) in [6.45, 7) is 2.47. The molecule has 2 atom stereocenters. The zero-order valence-electron chi connectivity index (χ0n) is 18.9. The number of rotatable bonds is 8. The Morgan fingerprint density at radius 1 is 1.09 bits per heavy atom. The van der Waals surface area contributed by atoms with E-state index in [1.807, 2.05) is 61.5 Å². The summed E-state index contributed by atoms with van der Waals surface area (Å²) in [6, 6.07) is 21.2. The Hall–Kier alpha value is -3.23. The summed E-state index contributed by atoms with van der Waals surface area (Å²) in [5, 5.41) is 2.86. The number of carbonyl (C=O) groups is 1. The highest BCUT2D eigenvalue weighted by Gasteiger charge is 2.39. The van der Waals surface area contributed by atoms with Crippen LogP contribution in [-0.4, -0.2) is 31.2 Å². The summed E-state index contributed by atoms with van der Waals surface area (Å²) >= 11 is 0. The largest absolute Gasteiger partial charge is 0.486 e. The maximum absolute atomic E-state index is 13.2. The molecule has 0 aliphatic carbocycles. The fourth-order valence-corrected chi connectivity index (χ4v) is 5.72. The van der Waals surface area contributed by atoms with E-state index in [1.54, 1.807) is 0 Å². The summed E-state index contributed by atoms with van der Waals surface area (Å²) < 4.78 is 46.5. The molecule has 1 aliphatic rings. The van der Waals surface area contributed by atoms with E-state index < -0.39 is 21.9 Å². The summed E-state index contributed by atoms with van der Waals surface area (Å²) in [4.78, 5) is 12.9. The van der Waals surface area contributed by atoms with Gasteiger partial charge in [-0.15, -0.1) is 0 Å². The number of benzene rings is 3. The Kier molecular flexibility index (Phi) is 7.29. The van der Waals surface area contributed by atoms with E-state index in [1.165, 1.54) is 16.4 Å². The number of carbonyl (C=O) groups excluding carboxylic acids is 1. The zero-order chi connectivity index (χ0) is 24.1. The van der Waals surface area contributed by atoms with Crippen LogP contribution in [0.4, 0.5) is 4.39 Å². The Labute approximate surface area is 199 Å². The number of ether oxygens (including phenoxy) is 1. The SMILES string of the molecule is C[C@@H](Oc1cccc(CNC(=O)[C@@H]2CCCN2S(=O)(=O)c2ccc(F)cc2)c1)c1ccccc1. The Balaban J connectivity index is 1.39. The molecule has 178 valence electrons. The van der Waals surface area contributed by atoms with Gasteiger partial charge in [-0.05, 0) is 67.3 Å². The minimum atomic E-state index is -3.89. The van der Waals surface area contributed by atoms with Crippen LogP contribution in [0.25, 0.3) is 0 Å². The van der Waals surface area contributed by atoms with Gasteiger partial charge < -0.3 is 10.1 Å². The van der Waals surface area contributed by atoms with E-state index in [-0.39, 0.29) is 30.0 Å². The van der Waals surface area contributed by atoms with Crippen LogP contribution in [0.15, 0.2) is 83.8 Å². The van der Waals surface area contributed by atoms with Crippen LogP contribution in [0.3, 0.4) is 0 Å². The predicted octanol–water partition coefficient (Wildman–Crippen LogP) is 4.44. The molecule has 0 radical (unpaired) electrons. The average molecular weight is 483 g/mol. The maximum Gasteiger partial charge on any atom is 0.243 e. The molecule has 1 saturated heterocycles. The van der Waals surface area contributed by atoms with Gasteiger partial charge in [0.25, 0.3) is 0 Å². The van der Waals surface area contributed by atoms with Gasteiger partial charge in [0.05, 0.1) is 4.90 Å². The Morgan fingerprint density at radius 3 is 2.56 bits per heavy atom. The molecule has 1 heterocycles. The molecular formula is C26H27FN2O4S. The fraction of sp³-hybridized carbons (Fsp3) is 0.269. The van der Waals surface area contributed by atoms with E-state index in [2.05, 4.69) is 5.32 Å². The van der Waals surface area contributed by atoms with E-state index in [4.69, 9.17) is 4.74 Å². The van der Waals surface area contributed by atoms with Gasteiger partial charge in [-0.2, -0.15) is 4.31 Å². The second-order valence-electron chi connectivity index (χ2n) is 8.26. The zero-order valence-corrected chi connectivity index (χ0v) is 19.7. The van der Waals surface area contributed by atoms with Crippen LogP contribution < -0.4 is 10.1 Å². The van der Waals surface area contributed by atoms with E-state index >= 15 is 0 Å². The molecule has 4 rings (SSSR count). The van der Waals surface area contributed by atoms with Gasteiger partial charge in [-0.1, -0.05) is 42.5 Å². The predicted molar refractivity (Wildman–Crippen MR) is 127 cm³/mol. The van der Waals surface area contributed by atoms with Gasteiger partial charge in [-0.25, -0.2) is 12.8 Å². The van der Waals surface area contributed by atoms with Gasteiger partial charge >= 0.3 is 0 Å².